The Morgan fingerprint density at radius 1 is 0.681 bits per heavy atom. The van der Waals surface area contributed by atoms with Gasteiger partial charge >= 0.3 is 33.4 Å². The number of ketones is 1. The number of rotatable bonds is 11. The molecule has 0 spiro atoms. The first-order valence-electron chi connectivity index (χ1n) is 13.1. The Labute approximate surface area is 273 Å². The third kappa shape index (κ3) is 6.69. The summed E-state index contributed by atoms with van der Waals surface area (Å²) in [5.41, 5.74) is 1.59. The molecular weight excluding hydrogens is 724 g/mol. The molecule has 4 aromatic rings. The first kappa shape index (κ1) is 36.8. The molecule has 0 N–H and O–H groups in total. The van der Waals surface area contributed by atoms with Gasteiger partial charge in [0.15, 0.2) is 5.78 Å². The standard InChI is InChI=1S/C30H23F9O4S4/c1-18-4-12-23(13-5-18)46(24-14-6-19(2)7-15-24,26-17-16-25(45-26)44-22-10-8-21(9-11-22)20(3)40)43-47(41,42)30(38,39)28(33,34)27(31,32)29(35,36)37/h4-17H,1-3H3. The molecule has 47 heavy (non-hydrogen) atoms. The van der Waals surface area contributed by atoms with E-state index in [9.17, 15) is 43.9 Å². The van der Waals surface area contributed by atoms with Gasteiger partial charge in [-0.1, -0.05) is 59.3 Å². The minimum absolute atomic E-state index is 0.140. The van der Waals surface area contributed by atoms with Crippen LogP contribution in [0.3, 0.4) is 0 Å². The number of hydrogen-bond acceptors (Lipinski definition) is 6. The Balaban J connectivity index is 1.95. The third-order valence-corrected chi connectivity index (χ3v) is 14.6. The lowest BCUT2D eigenvalue weighted by atomic mass is 10.1. The number of carbonyl (C=O) groups excluding carboxylic acids is 1. The SMILES string of the molecule is CC(=O)c1ccc(Sc2ccc(S(OS(=O)(=O)C(F)(F)C(F)(F)C(F)(F)C(F)(F)F)(c3ccc(C)cc3)c3ccc(C)cc3)s2)cc1. The largest absolute Gasteiger partial charge is 0.460 e. The molecule has 4 nitrogen and oxygen atoms in total. The van der Waals surface area contributed by atoms with Crippen molar-refractivity contribution in [2.24, 2.45) is 0 Å². The lowest BCUT2D eigenvalue weighted by molar-refractivity contribution is -0.382. The number of alkyl halides is 9. The van der Waals surface area contributed by atoms with E-state index in [1.54, 1.807) is 38.1 Å². The minimum Gasteiger partial charge on any atom is -0.295 e. The van der Waals surface area contributed by atoms with Gasteiger partial charge in [-0.2, -0.15) is 47.9 Å². The monoisotopic (exact) mass is 746 g/mol. The van der Waals surface area contributed by atoms with Crippen molar-refractivity contribution in [2.45, 2.75) is 67.2 Å². The van der Waals surface area contributed by atoms with Crippen LogP contribution in [-0.4, -0.2) is 37.5 Å². The Hall–Kier alpha value is -2.99. The van der Waals surface area contributed by atoms with Crippen molar-refractivity contribution in [2.75, 3.05) is 0 Å². The summed E-state index contributed by atoms with van der Waals surface area (Å²) < 4.78 is 157. The van der Waals surface area contributed by atoms with Crippen molar-refractivity contribution in [1.29, 1.82) is 0 Å². The maximum Gasteiger partial charge on any atom is 0.460 e. The van der Waals surface area contributed by atoms with Crippen molar-refractivity contribution >= 4 is 49.3 Å². The number of thiophene rings is 1. The van der Waals surface area contributed by atoms with Gasteiger partial charge in [-0.3, -0.25) is 4.79 Å². The molecule has 0 aliphatic carbocycles. The highest BCUT2D eigenvalue weighted by molar-refractivity contribution is 8.34. The third-order valence-electron chi connectivity index (χ3n) is 6.65. The highest BCUT2D eigenvalue weighted by Gasteiger charge is 2.86. The summed E-state index contributed by atoms with van der Waals surface area (Å²) in [6.07, 6.45) is -7.24. The van der Waals surface area contributed by atoms with Crippen LogP contribution in [0.2, 0.25) is 0 Å². The number of Topliss-reactive ketones (excluding diaryl/α,β-unsaturated/α-hetero) is 1. The zero-order chi connectivity index (χ0) is 35.2. The molecule has 3 aromatic carbocycles. The van der Waals surface area contributed by atoms with Gasteiger partial charge in [0, 0.05) is 20.2 Å². The van der Waals surface area contributed by atoms with Gasteiger partial charge in [-0.25, -0.2) is 3.63 Å². The van der Waals surface area contributed by atoms with E-state index in [-0.39, 0.29) is 19.8 Å². The molecular formula is C30H23F9O4S4. The molecule has 1 aromatic heterocycles. The molecule has 17 heteroatoms. The van der Waals surface area contributed by atoms with Gasteiger partial charge in [0.2, 0.25) is 0 Å². The van der Waals surface area contributed by atoms with Crippen LogP contribution in [0.4, 0.5) is 39.5 Å². The second kappa shape index (κ2) is 12.8. The topological polar surface area (TPSA) is 60.4 Å². The van der Waals surface area contributed by atoms with E-state index in [2.05, 4.69) is 0 Å². The predicted octanol–water partition coefficient (Wildman–Crippen LogP) is 10.7. The summed E-state index contributed by atoms with van der Waals surface area (Å²) in [6.45, 7) is 4.61. The highest BCUT2D eigenvalue weighted by Crippen LogP contribution is 2.73. The summed E-state index contributed by atoms with van der Waals surface area (Å²) in [7, 11) is -11.4. The number of hydrogen-bond donors (Lipinski definition) is 0. The molecule has 0 fully saturated rings. The molecule has 1 heterocycles. The average Bonchev–Trinajstić information content (AvgIpc) is 3.45. The fourth-order valence-corrected chi connectivity index (χ4v) is 12.4. The van der Waals surface area contributed by atoms with Crippen LogP contribution < -0.4 is 0 Å². The average molecular weight is 747 g/mol. The van der Waals surface area contributed by atoms with E-state index in [4.69, 9.17) is 3.63 Å². The number of aryl methyl sites for hydroxylation is 2. The number of carbonyl (C=O) groups is 1. The number of halogens is 9. The maximum absolute atomic E-state index is 15.1. The van der Waals surface area contributed by atoms with Crippen LogP contribution >= 0.6 is 33.4 Å². The zero-order valence-electron chi connectivity index (χ0n) is 24.3. The molecule has 0 aliphatic rings. The fraction of sp³-hybridized carbons (Fsp3) is 0.233. The van der Waals surface area contributed by atoms with Crippen molar-refractivity contribution in [1.82, 2.24) is 0 Å². The van der Waals surface area contributed by atoms with E-state index in [1.807, 2.05) is 0 Å². The molecule has 0 saturated heterocycles. The van der Waals surface area contributed by atoms with Crippen molar-refractivity contribution in [3.63, 3.8) is 0 Å². The van der Waals surface area contributed by atoms with Crippen LogP contribution in [0.1, 0.15) is 28.4 Å². The van der Waals surface area contributed by atoms with Gasteiger partial charge in [0.05, 0.1) is 8.42 Å². The lowest BCUT2D eigenvalue weighted by Crippen LogP contribution is -2.63. The molecule has 0 unspecified atom stereocenters. The first-order valence-corrected chi connectivity index (χ1v) is 17.7. The number of benzene rings is 3. The van der Waals surface area contributed by atoms with Crippen LogP contribution in [0.15, 0.2) is 108 Å². The summed E-state index contributed by atoms with van der Waals surface area (Å²) in [5, 5.41) is -7.07. The fourth-order valence-electron chi connectivity index (χ4n) is 4.02. The van der Waals surface area contributed by atoms with Gasteiger partial charge in [0.1, 0.15) is 0 Å². The molecule has 0 saturated carbocycles. The Bertz CT molecular complexity index is 1810. The van der Waals surface area contributed by atoms with Crippen molar-refractivity contribution < 1.29 is 56.4 Å². The van der Waals surface area contributed by atoms with Crippen LogP contribution in [0, 0.1) is 13.8 Å². The summed E-state index contributed by atoms with van der Waals surface area (Å²) in [6, 6.07) is 19.7. The van der Waals surface area contributed by atoms with Crippen LogP contribution in [0.25, 0.3) is 0 Å². The van der Waals surface area contributed by atoms with Gasteiger partial charge in [-0.05, 0) is 79.6 Å². The Morgan fingerprint density at radius 2 is 1.15 bits per heavy atom. The van der Waals surface area contributed by atoms with E-state index >= 15 is 8.78 Å². The second-order valence-corrected chi connectivity index (χ2v) is 17.3. The van der Waals surface area contributed by atoms with E-state index in [0.29, 0.717) is 25.8 Å². The van der Waals surface area contributed by atoms with Crippen LogP contribution in [0.5, 0.6) is 0 Å². The quantitative estimate of drug-likeness (QED) is 0.113. The molecule has 0 amide bonds. The second-order valence-electron chi connectivity index (χ2n) is 10.1. The first-order chi connectivity index (χ1) is 21.6. The smallest absolute Gasteiger partial charge is 0.295 e. The normalized spacial score (nSPS) is 13.9. The van der Waals surface area contributed by atoms with E-state index in [0.717, 1.165) is 23.1 Å². The van der Waals surface area contributed by atoms with Crippen LogP contribution in [-0.2, 0) is 13.7 Å². The summed E-state index contributed by atoms with van der Waals surface area (Å²) in [4.78, 5) is 11.9. The van der Waals surface area contributed by atoms with Crippen molar-refractivity contribution in [3.05, 3.63) is 102 Å². The predicted molar refractivity (Wildman–Crippen MR) is 161 cm³/mol. The summed E-state index contributed by atoms with van der Waals surface area (Å²) in [5.74, 6) is -15.1. The zero-order valence-corrected chi connectivity index (χ0v) is 27.5. The highest BCUT2D eigenvalue weighted by atomic mass is 32.3. The maximum atomic E-state index is 15.1. The molecule has 0 radical (unpaired) electrons. The summed E-state index contributed by atoms with van der Waals surface area (Å²) >= 11 is 1.89. The lowest BCUT2D eigenvalue weighted by Gasteiger charge is -2.40. The molecule has 254 valence electrons. The van der Waals surface area contributed by atoms with E-state index in [1.165, 1.54) is 67.6 Å². The van der Waals surface area contributed by atoms with Gasteiger partial charge < -0.3 is 0 Å². The molecule has 4 rings (SSSR count). The molecule has 0 bridgehead atoms. The van der Waals surface area contributed by atoms with Gasteiger partial charge in [0.25, 0.3) is 0 Å². The molecule has 0 atom stereocenters. The van der Waals surface area contributed by atoms with Crippen molar-refractivity contribution in [3.8, 4) is 0 Å². The Morgan fingerprint density at radius 3 is 1.57 bits per heavy atom. The minimum atomic E-state index is -7.48. The van der Waals surface area contributed by atoms with E-state index < -0.39 is 43.7 Å². The molecule has 0 aliphatic heterocycles. The van der Waals surface area contributed by atoms with Gasteiger partial charge in [-0.15, -0.1) is 11.3 Å². The Kier molecular flexibility index (Phi) is 10.0.